The highest BCUT2D eigenvalue weighted by molar-refractivity contribution is 7.17. The molecule has 2 aromatic carbocycles. The van der Waals surface area contributed by atoms with Gasteiger partial charge in [-0.2, -0.15) is 0 Å². The van der Waals surface area contributed by atoms with Crippen molar-refractivity contribution in [3.63, 3.8) is 0 Å². The van der Waals surface area contributed by atoms with Crippen LogP contribution in [0, 0.1) is 6.92 Å². The van der Waals surface area contributed by atoms with E-state index in [0.717, 1.165) is 42.4 Å². The van der Waals surface area contributed by atoms with Crippen molar-refractivity contribution in [3.05, 3.63) is 87.3 Å². The number of carbonyl (C=O) groups is 2. The van der Waals surface area contributed by atoms with Crippen LogP contribution in [0.25, 0.3) is 0 Å². The third-order valence-corrected chi connectivity index (χ3v) is 6.44. The second-order valence-electron chi connectivity index (χ2n) is 7.40. The van der Waals surface area contributed by atoms with E-state index >= 15 is 0 Å². The van der Waals surface area contributed by atoms with Crippen LogP contribution in [0.3, 0.4) is 0 Å². The van der Waals surface area contributed by atoms with Gasteiger partial charge in [-0.05, 0) is 55.9 Å². The zero-order chi connectivity index (χ0) is 20.2. The zero-order valence-corrected chi connectivity index (χ0v) is 17.3. The molecule has 29 heavy (non-hydrogen) atoms. The second kappa shape index (κ2) is 8.62. The van der Waals surface area contributed by atoms with Crippen LogP contribution in [-0.2, 0) is 19.4 Å². The lowest BCUT2D eigenvalue weighted by atomic mass is 9.95. The van der Waals surface area contributed by atoms with Gasteiger partial charge in [0.15, 0.2) is 0 Å². The van der Waals surface area contributed by atoms with Crippen molar-refractivity contribution in [2.24, 2.45) is 0 Å². The molecule has 1 aliphatic rings. The van der Waals surface area contributed by atoms with Crippen molar-refractivity contribution in [2.45, 2.75) is 39.2 Å². The van der Waals surface area contributed by atoms with E-state index in [0.29, 0.717) is 22.7 Å². The van der Waals surface area contributed by atoms with E-state index in [1.807, 2.05) is 61.5 Å². The fraction of sp³-hybridized carbons (Fsp3) is 0.250. The lowest BCUT2D eigenvalue weighted by Crippen LogP contribution is -2.25. The van der Waals surface area contributed by atoms with Gasteiger partial charge < -0.3 is 10.6 Å². The smallest absolute Gasteiger partial charge is 0.256 e. The molecule has 2 amide bonds. The Kier molecular flexibility index (Phi) is 5.76. The van der Waals surface area contributed by atoms with Crippen LogP contribution >= 0.6 is 11.3 Å². The van der Waals surface area contributed by atoms with Gasteiger partial charge in [0.1, 0.15) is 5.00 Å². The fourth-order valence-corrected chi connectivity index (χ4v) is 4.92. The third kappa shape index (κ3) is 4.40. The van der Waals surface area contributed by atoms with Crippen LogP contribution in [0.2, 0.25) is 0 Å². The van der Waals surface area contributed by atoms with Crippen LogP contribution in [0.4, 0.5) is 5.00 Å². The number of thiophene rings is 1. The van der Waals surface area contributed by atoms with Gasteiger partial charge in [-0.15, -0.1) is 11.3 Å². The van der Waals surface area contributed by atoms with Gasteiger partial charge in [-0.3, -0.25) is 9.59 Å². The van der Waals surface area contributed by atoms with Gasteiger partial charge >= 0.3 is 0 Å². The summed E-state index contributed by atoms with van der Waals surface area (Å²) in [6, 6.07) is 17.3. The summed E-state index contributed by atoms with van der Waals surface area (Å²) in [7, 11) is 0. The first-order valence-corrected chi connectivity index (χ1v) is 10.8. The summed E-state index contributed by atoms with van der Waals surface area (Å²) in [5.41, 5.74) is 4.49. The first kappa shape index (κ1) is 19.4. The van der Waals surface area contributed by atoms with Crippen LogP contribution in [-0.4, -0.2) is 11.8 Å². The second-order valence-corrected chi connectivity index (χ2v) is 8.51. The van der Waals surface area contributed by atoms with Gasteiger partial charge in [0.05, 0.1) is 5.56 Å². The monoisotopic (exact) mass is 404 g/mol. The molecule has 4 rings (SSSR count). The SMILES string of the molecule is Cc1ccc(C(=O)Nc2sc3c(c2C(=O)NCc2ccccc2)CCCC3)cc1. The number of rotatable bonds is 5. The van der Waals surface area contributed by atoms with Gasteiger partial charge in [-0.25, -0.2) is 0 Å². The van der Waals surface area contributed by atoms with Gasteiger partial charge in [-0.1, -0.05) is 48.0 Å². The van der Waals surface area contributed by atoms with E-state index in [2.05, 4.69) is 10.6 Å². The first-order valence-electron chi connectivity index (χ1n) is 9.96. The molecule has 1 aromatic heterocycles. The fourth-order valence-electron chi connectivity index (χ4n) is 3.64. The average molecular weight is 405 g/mol. The Bertz CT molecular complexity index is 1020. The van der Waals surface area contributed by atoms with Gasteiger partial charge in [0.2, 0.25) is 0 Å². The summed E-state index contributed by atoms with van der Waals surface area (Å²) in [6.45, 7) is 2.46. The molecule has 148 valence electrons. The molecule has 0 aliphatic heterocycles. The maximum absolute atomic E-state index is 13.1. The van der Waals surface area contributed by atoms with E-state index in [4.69, 9.17) is 0 Å². The minimum atomic E-state index is -0.180. The van der Waals surface area contributed by atoms with Gasteiger partial charge in [0.25, 0.3) is 11.8 Å². The number of carbonyl (C=O) groups excluding carboxylic acids is 2. The normalized spacial score (nSPS) is 12.9. The minimum Gasteiger partial charge on any atom is -0.348 e. The molecule has 0 saturated carbocycles. The van der Waals surface area contributed by atoms with Crippen LogP contribution in [0.15, 0.2) is 54.6 Å². The summed E-state index contributed by atoms with van der Waals surface area (Å²) < 4.78 is 0. The molecule has 0 saturated heterocycles. The predicted molar refractivity (Wildman–Crippen MR) is 118 cm³/mol. The summed E-state index contributed by atoms with van der Waals surface area (Å²) >= 11 is 1.55. The Morgan fingerprint density at radius 3 is 2.41 bits per heavy atom. The quantitative estimate of drug-likeness (QED) is 0.620. The van der Waals surface area contributed by atoms with Crippen molar-refractivity contribution in [3.8, 4) is 0 Å². The van der Waals surface area contributed by atoms with Crippen molar-refractivity contribution in [1.29, 1.82) is 0 Å². The molecule has 1 aliphatic carbocycles. The number of hydrogen-bond donors (Lipinski definition) is 2. The van der Waals surface area contributed by atoms with E-state index in [-0.39, 0.29) is 11.8 Å². The molecule has 4 nitrogen and oxygen atoms in total. The van der Waals surface area contributed by atoms with Crippen molar-refractivity contribution < 1.29 is 9.59 Å². The van der Waals surface area contributed by atoms with Crippen molar-refractivity contribution in [1.82, 2.24) is 5.32 Å². The molecule has 0 unspecified atom stereocenters. The molecule has 3 aromatic rings. The molecule has 0 bridgehead atoms. The van der Waals surface area contributed by atoms with Crippen LogP contribution in [0.1, 0.15) is 55.1 Å². The standard InChI is InChI=1S/C24H24N2O2S/c1-16-11-13-18(14-12-16)22(27)26-24-21(19-9-5-6-10-20(19)29-24)23(28)25-15-17-7-3-2-4-8-17/h2-4,7-8,11-14H,5-6,9-10,15H2,1H3,(H,25,28)(H,26,27). The molecule has 0 fully saturated rings. The van der Waals surface area contributed by atoms with Crippen LogP contribution in [0.5, 0.6) is 0 Å². The molecule has 2 N–H and O–H groups in total. The number of aryl methyl sites for hydroxylation is 2. The molecule has 0 atom stereocenters. The van der Waals surface area contributed by atoms with E-state index < -0.39 is 0 Å². The van der Waals surface area contributed by atoms with E-state index in [1.54, 1.807) is 11.3 Å². The zero-order valence-electron chi connectivity index (χ0n) is 16.5. The summed E-state index contributed by atoms with van der Waals surface area (Å²) in [6.07, 6.45) is 4.07. The topological polar surface area (TPSA) is 58.2 Å². The summed E-state index contributed by atoms with van der Waals surface area (Å²) in [4.78, 5) is 27.1. The Labute approximate surface area is 175 Å². The van der Waals surface area contributed by atoms with Crippen molar-refractivity contribution >= 4 is 28.2 Å². The summed E-state index contributed by atoms with van der Waals surface area (Å²) in [5, 5.41) is 6.69. The first-order chi connectivity index (χ1) is 14.1. The Hall–Kier alpha value is -2.92. The van der Waals surface area contributed by atoms with E-state index in [1.165, 1.54) is 4.88 Å². The highest BCUT2D eigenvalue weighted by Gasteiger charge is 2.26. The molecule has 5 heteroatoms. The number of fused-ring (bicyclic) bond motifs is 1. The van der Waals surface area contributed by atoms with E-state index in [9.17, 15) is 9.59 Å². The Balaban J connectivity index is 1.58. The number of nitrogens with one attached hydrogen (secondary N) is 2. The van der Waals surface area contributed by atoms with Crippen molar-refractivity contribution in [2.75, 3.05) is 5.32 Å². The van der Waals surface area contributed by atoms with Crippen LogP contribution < -0.4 is 10.6 Å². The summed E-state index contributed by atoms with van der Waals surface area (Å²) in [5.74, 6) is -0.298. The molecule has 1 heterocycles. The minimum absolute atomic E-state index is 0.118. The molecule has 0 radical (unpaired) electrons. The largest absolute Gasteiger partial charge is 0.348 e. The number of amides is 2. The average Bonchev–Trinajstić information content (AvgIpc) is 3.11. The van der Waals surface area contributed by atoms with Gasteiger partial charge in [0, 0.05) is 17.0 Å². The lowest BCUT2D eigenvalue weighted by molar-refractivity contribution is 0.0951. The highest BCUT2D eigenvalue weighted by atomic mass is 32.1. The molecular weight excluding hydrogens is 380 g/mol. The molecule has 0 spiro atoms. The maximum Gasteiger partial charge on any atom is 0.256 e. The maximum atomic E-state index is 13.1. The third-order valence-electron chi connectivity index (χ3n) is 5.24. The molecular formula is C24H24N2O2S. The number of hydrogen-bond acceptors (Lipinski definition) is 3. The number of anilines is 1. The Morgan fingerprint density at radius 2 is 1.66 bits per heavy atom. The Morgan fingerprint density at radius 1 is 0.931 bits per heavy atom. The number of benzene rings is 2. The lowest BCUT2D eigenvalue weighted by Gasteiger charge is -2.13. The highest BCUT2D eigenvalue weighted by Crippen LogP contribution is 2.38. The predicted octanol–water partition coefficient (Wildman–Crippen LogP) is 5.12.